The number of H-pyrrole nitrogens is 1. The molecular formula is C14H10ClN3O3. The van der Waals surface area contributed by atoms with Crippen LogP contribution in [0.2, 0.25) is 5.22 Å². The van der Waals surface area contributed by atoms with Crippen molar-refractivity contribution in [2.24, 2.45) is 0 Å². The van der Waals surface area contributed by atoms with Crippen molar-refractivity contribution in [3.8, 4) is 34.1 Å². The molecule has 0 spiro atoms. The number of nitrogens with zero attached hydrogens (tertiary/aromatic N) is 1. The fourth-order valence-electron chi connectivity index (χ4n) is 2.33. The predicted octanol–water partition coefficient (Wildman–Crippen LogP) is 3.30. The van der Waals surface area contributed by atoms with Crippen molar-refractivity contribution in [1.29, 1.82) is 0 Å². The van der Waals surface area contributed by atoms with E-state index in [1.807, 2.05) is 18.2 Å². The van der Waals surface area contributed by atoms with Gasteiger partial charge in [-0.1, -0.05) is 6.07 Å². The van der Waals surface area contributed by atoms with Gasteiger partial charge in [-0.2, -0.15) is 5.10 Å². The number of hydrogen-bond acceptors (Lipinski definition) is 5. The van der Waals surface area contributed by atoms with Crippen LogP contribution in [0.1, 0.15) is 0 Å². The van der Waals surface area contributed by atoms with Gasteiger partial charge in [0.2, 0.25) is 6.79 Å². The number of ether oxygens (including phenoxy) is 2. The molecule has 3 heterocycles. The summed E-state index contributed by atoms with van der Waals surface area (Å²) in [5.41, 5.74) is 8.23. The third kappa shape index (κ3) is 1.92. The number of fused-ring (bicyclic) bond motifs is 1. The number of aromatic nitrogens is 2. The van der Waals surface area contributed by atoms with Gasteiger partial charge >= 0.3 is 0 Å². The predicted molar refractivity (Wildman–Crippen MR) is 77.3 cm³/mol. The number of furan rings is 1. The Hall–Kier alpha value is -2.60. The van der Waals surface area contributed by atoms with Gasteiger partial charge in [0.15, 0.2) is 28.3 Å². The van der Waals surface area contributed by atoms with Crippen molar-refractivity contribution in [2.75, 3.05) is 12.5 Å². The zero-order chi connectivity index (χ0) is 14.4. The summed E-state index contributed by atoms with van der Waals surface area (Å²) < 4.78 is 16.1. The molecule has 7 heteroatoms. The fraction of sp³-hybridized carbons (Fsp3) is 0.0714. The first-order valence-corrected chi connectivity index (χ1v) is 6.60. The van der Waals surface area contributed by atoms with Crippen LogP contribution in [0.15, 0.2) is 34.7 Å². The number of hydrogen-bond donors (Lipinski definition) is 2. The van der Waals surface area contributed by atoms with Crippen molar-refractivity contribution in [3.05, 3.63) is 35.6 Å². The molecular weight excluding hydrogens is 294 g/mol. The molecule has 0 fully saturated rings. The maximum Gasteiger partial charge on any atom is 0.231 e. The number of aromatic amines is 1. The van der Waals surface area contributed by atoms with Crippen LogP contribution < -0.4 is 15.2 Å². The Labute approximate surface area is 124 Å². The van der Waals surface area contributed by atoms with Crippen LogP contribution in [-0.4, -0.2) is 17.0 Å². The van der Waals surface area contributed by atoms with Gasteiger partial charge in [-0.25, -0.2) is 0 Å². The maximum absolute atomic E-state index is 5.97. The van der Waals surface area contributed by atoms with Gasteiger partial charge in [-0.05, 0) is 41.4 Å². The summed E-state index contributed by atoms with van der Waals surface area (Å²) in [6, 6.07) is 9.01. The summed E-state index contributed by atoms with van der Waals surface area (Å²) >= 11 is 5.82. The number of benzene rings is 1. The number of nitrogens with one attached hydrogen (secondary N) is 1. The average Bonchev–Trinajstić information content (AvgIpc) is 3.17. The number of anilines is 1. The third-order valence-corrected chi connectivity index (χ3v) is 3.48. The Morgan fingerprint density at radius 2 is 2.00 bits per heavy atom. The van der Waals surface area contributed by atoms with Crippen molar-refractivity contribution in [2.45, 2.75) is 0 Å². The molecule has 1 aromatic carbocycles. The zero-order valence-corrected chi connectivity index (χ0v) is 11.5. The molecule has 4 rings (SSSR count). The van der Waals surface area contributed by atoms with E-state index in [1.165, 1.54) is 0 Å². The van der Waals surface area contributed by atoms with Crippen LogP contribution in [-0.2, 0) is 0 Å². The van der Waals surface area contributed by atoms with Crippen LogP contribution >= 0.6 is 11.6 Å². The van der Waals surface area contributed by atoms with Gasteiger partial charge in [0.05, 0.1) is 5.56 Å². The van der Waals surface area contributed by atoms with Crippen LogP contribution in [0, 0.1) is 0 Å². The smallest absolute Gasteiger partial charge is 0.231 e. The highest BCUT2D eigenvalue weighted by Crippen LogP contribution is 2.41. The first-order valence-electron chi connectivity index (χ1n) is 6.22. The number of nitrogen functional groups attached to an aromatic ring is 1. The summed E-state index contributed by atoms with van der Waals surface area (Å²) in [5, 5.41) is 7.22. The molecule has 0 radical (unpaired) electrons. The van der Waals surface area contributed by atoms with E-state index >= 15 is 0 Å². The van der Waals surface area contributed by atoms with E-state index in [1.54, 1.807) is 12.1 Å². The Balaban J connectivity index is 1.87. The van der Waals surface area contributed by atoms with Crippen LogP contribution in [0.3, 0.4) is 0 Å². The van der Waals surface area contributed by atoms with Crippen molar-refractivity contribution < 1.29 is 13.9 Å². The van der Waals surface area contributed by atoms with Gasteiger partial charge in [0.25, 0.3) is 0 Å². The molecule has 0 amide bonds. The van der Waals surface area contributed by atoms with Gasteiger partial charge in [0, 0.05) is 0 Å². The van der Waals surface area contributed by atoms with E-state index < -0.39 is 0 Å². The molecule has 0 aliphatic carbocycles. The maximum atomic E-state index is 5.97. The molecule has 106 valence electrons. The second kappa shape index (κ2) is 4.46. The molecule has 2 aromatic heterocycles. The lowest BCUT2D eigenvalue weighted by atomic mass is 10.0. The number of nitrogens with two attached hydrogens (primary N) is 1. The molecule has 21 heavy (non-hydrogen) atoms. The van der Waals surface area contributed by atoms with E-state index in [4.69, 9.17) is 31.2 Å². The molecule has 0 atom stereocenters. The Bertz CT molecular complexity index is 825. The van der Waals surface area contributed by atoms with Crippen LogP contribution in [0.25, 0.3) is 22.6 Å². The summed E-state index contributed by atoms with van der Waals surface area (Å²) in [5.74, 6) is 2.33. The number of halogens is 1. The highest BCUT2D eigenvalue weighted by Gasteiger charge is 2.20. The SMILES string of the molecule is Nc1n[nH]c(-c2ccc(Cl)o2)c1-c1ccc2c(c1)OCO2. The molecule has 0 bridgehead atoms. The highest BCUT2D eigenvalue weighted by molar-refractivity contribution is 6.29. The largest absolute Gasteiger partial charge is 0.454 e. The number of rotatable bonds is 2. The summed E-state index contributed by atoms with van der Waals surface area (Å²) in [7, 11) is 0. The van der Waals surface area contributed by atoms with Gasteiger partial charge in [-0.3, -0.25) is 5.10 Å². The summed E-state index contributed by atoms with van der Waals surface area (Å²) in [6.07, 6.45) is 0. The molecule has 6 nitrogen and oxygen atoms in total. The highest BCUT2D eigenvalue weighted by atomic mass is 35.5. The fourth-order valence-corrected chi connectivity index (χ4v) is 2.47. The molecule has 3 N–H and O–H groups in total. The summed E-state index contributed by atoms with van der Waals surface area (Å²) in [4.78, 5) is 0. The molecule has 0 saturated carbocycles. The molecule has 3 aromatic rings. The monoisotopic (exact) mass is 303 g/mol. The third-order valence-electron chi connectivity index (χ3n) is 3.28. The quantitative estimate of drug-likeness (QED) is 0.758. The zero-order valence-electron chi connectivity index (χ0n) is 10.7. The van der Waals surface area contributed by atoms with Gasteiger partial charge < -0.3 is 19.6 Å². The molecule has 0 unspecified atom stereocenters. The van der Waals surface area contributed by atoms with E-state index in [9.17, 15) is 0 Å². The van der Waals surface area contributed by atoms with Crippen molar-refractivity contribution in [1.82, 2.24) is 10.2 Å². The Kier molecular flexibility index (Phi) is 2.58. The summed E-state index contributed by atoms with van der Waals surface area (Å²) in [6.45, 7) is 0.223. The minimum atomic E-state index is 0.223. The lowest BCUT2D eigenvalue weighted by Gasteiger charge is -2.04. The molecule has 0 saturated heterocycles. The molecule has 1 aliphatic rings. The molecule has 1 aliphatic heterocycles. The first kappa shape index (κ1) is 12.2. The van der Waals surface area contributed by atoms with Gasteiger partial charge in [-0.15, -0.1) is 0 Å². The van der Waals surface area contributed by atoms with E-state index in [2.05, 4.69) is 10.2 Å². The minimum absolute atomic E-state index is 0.223. The van der Waals surface area contributed by atoms with Crippen LogP contribution in [0.5, 0.6) is 11.5 Å². The van der Waals surface area contributed by atoms with E-state index in [-0.39, 0.29) is 6.79 Å². The second-order valence-electron chi connectivity index (χ2n) is 4.53. The van der Waals surface area contributed by atoms with Gasteiger partial charge in [0.1, 0.15) is 5.69 Å². The Morgan fingerprint density at radius 1 is 1.14 bits per heavy atom. The van der Waals surface area contributed by atoms with Crippen molar-refractivity contribution >= 4 is 17.4 Å². The second-order valence-corrected chi connectivity index (χ2v) is 4.90. The topological polar surface area (TPSA) is 86.3 Å². The average molecular weight is 304 g/mol. The lowest BCUT2D eigenvalue weighted by Crippen LogP contribution is -1.93. The Morgan fingerprint density at radius 3 is 2.81 bits per heavy atom. The normalized spacial score (nSPS) is 12.8. The van der Waals surface area contributed by atoms with E-state index in [0.29, 0.717) is 34.0 Å². The van der Waals surface area contributed by atoms with Crippen molar-refractivity contribution in [3.63, 3.8) is 0 Å². The lowest BCUT2D eigenvalue weighted by molar-refractivity contribution is 0.174. The first-order chi connectivity index (χ1) is 10.2. The van der Waals surface area contributed by atoms with Crippen LogP contribution in [0.4, 0.5) is 5.82 Å². The standard InChI is InChI=1S/C14H10ClN3O3/c15-11-4-3-9(21-11)13-12(14(16)18-17-13)7-1-2-8-10(5-7)20-6-19-8/h1-5H,6H2,(H3,16,17,18). The van der Waals surface area contributed by atoms with E-state index in [0.717, 1.165) is 11.1 Å². The minimum Gasteiger partial charge on any atom is -0.454 e.